The number of ether oxygens (including phenoxy) is 2. The Hall–Kier alpha value is -1.48. The van der Waals surface area contributed by atoms with E-state index >= 15 is 0 Å². The Labute approximate surface area is 282 Å². The molecule has 5 aliphatic carbocycles. The Morgan fingerprint density at radius 2 is 1.52 bits per heavy atom. The van der Waals surface area contributed by atoms with Crippen LogP contribution in [0.4, 0.5) is 0 Å². The number of rotatable bonds is 4. The molecule has 1 aliphatic heterocycles. The van der Waals surface area contributed by atoms with E-state index in [1.165, 1.54) is 0 Å². The molecule has 12 heteroatoms. The Bertz CT molecular complexity index is 1350. The first-order valence-electron chi connectivity index (χ1n) is 17.6. The van der Waals surface area contributed by atoms with Gasteiger partial charge in [0.05, 0.1) is 36.9 Å². The molecule has 8 N–H and O–H groups in total. The van der Waals surface area contributed by atoms with Crippen LogP contribution in [-0.4, -0.2) is 115 Å². The molecule has 0 amide bonds. The lowest BCUT2D eigenvalue weighted by molar-refractivity contribution is -0.298. The van der Waals surface area contributed by atoms with Gasteiger partial charge in [0.1, 0.15) is 24.4 Å². The monoisotopic (exact) mass is 680 g/mol. The first-order valence-corrected chi connectivity index (χ1v) is 17.6. The molecule has 48 heavy (non-hydrogen) atoms. The van der Waals surface area contributed by atoms with Crippen LogP contribution >= 0.6 is 0 Å². The third-order valence-corrected chi connectivity index (χ3v) is 15.2. The highest BCUT2D eigenvalue weighted by Gasteiger charge is 2.73. The smallest absolute Gasteiger partial charge is 0.315 e. The van der Waals surface area contributed by atoms with Gasteiger partial charge in [-0.25, -0.2) is 0 Å². The van der Waals surface area contributed by atoms with Gasteiger partial charge in [-0.2, -0.15) is 0 Å². The SMILES string of the molecule is CC1(C)CC[C@]2(C(=O)O[C@@H]3O[C@H](CO)[C@@H](O)[C@H](O)[C@H]3O)CC[C@]3(C)C(=CC(=O)[C@@H]4[C@@]5(C)C[C@@H](O)[C@H](O)[C@@](C)(CO)[C@@H]5CC[C@]43C)[C@@H]2[C@@H]1O. The van der Waals surface area contributed by atoms with E-state index in [1.807, 2.05) is 20.8 Å². The number of hydrogen-bond acceptors (Lipinski definition) is 12. The molecule has 0 aromatic carbocycles. The summed E-state index contributed by atoms with van der Waals surface area (Å²) in [5.41, 5.74) is -4.26. The fourth-order valence-corrected chi connectivity index (χ4v) is 12.0. The molecule has 1 heterocycles. The van der Waals surface area contributed by atoms with Crippen LogP contribution in [-0.2, 0) is 19.1 Å². The average molecular weight is 681 g/mol. The van der Waals surface area contributed by atoms with E-state index in [0.717, 1.165) is 0 Å². The predicted octanol–water partition coefficient (Wildman–Crippen LogP) is 0.585. The number of carbonyl (C=O) groups excluding carboxylic acids is 2. The molecule has 4 saturated carbocycles. The van der Waals surface area contributed by atoms with Crippen LogP contribution in [0.5, 0.6) is 0 Å². The average Bonchev–Trinajstić information content (AvgIpc) is 3.02. The first-order chi connectivity index (χ1) is 22.2. The topological polar surface area (TPSA) is 214 Å². The molecule has 0 spiro atoms. The molecule has 1 saturated heterocycles. The summed E-state index contributed by atoms with van der Waals surface area (Å²) in [6.07, 6.45) is -6.71. The van der Waals surface area contributed by atoms with Crippen LogP contribution in [0.25, 0.3) is 0 Å². The van der Waals surface area contributed by atoms with Gasteiger partial charge in [0.2, 0.25) is 6.29 Å². The van der Waals surface area contributed by atoms with Crippen molar-refractivity contribution in [3.8, 4) is 0 Å². The maximum absolute atomic E-state index is 14.7. The summed E-state index contributed by atoms with van der Waals surface area (Å²) in [6, 6.07) is 0. The maximum atomic E-state index is 14.7. The second kappa shape index (κ2) is 11.5. The summed E-state index contributed by atoms with van der Waals surface area (Å²) in [5.74, 6) is -2.49. The lowest BCUT2D eigenvalue weighted by Gasteiger charge is -2.71. The third-order valence-electron chi connectivity index (χ3n) is 15.2. The van der Waals surface area contributed by atoms with Gasteiger partial charge in [-0.15, -0.1) is 0 Å². The highest BCUT2D eigenvalue weighted by molar-refractivity contribution is 5.96. The summed E-state index contributed by atoms with van der Waals surface area (Å²) >= 11 is 0. The Balaban J connectivity index is 1.42. The largest absolute Gasteiger partial charge is 0.432 e. The lowest BCUT2D eigenvalue weighted by Crippen LogP contribution is -2.70. The van der Waals surface area contributed by atoms with E-state index in [2.05, 4.69) is 13.8 Å². The fraction of sp³-hybridized carbons (Fsp3) is 0.889. The zero-order valence-electron chi connectivity index (χ0n) is 29.0. The Kier molecular flexibility index (Phi) is 8.71. The molecule has 6 aliphatic rings. The summed E-state index contributed by atoms with van der Waals surface area (Å²) in [4.78, 5) is 29.1. The summed E-state index contributed by atoms with van der Waals surface area (Å²) in [7, 11) is 0. The number of allylic oxidation sites excluding steroid dienone is 1. The van der Waals surface area contributed by atoms with Crippen molar-refractivity contribution in [3.63, 3.8) is 0 Å². The molecular weight excluding hydrogens is 624 g/mol. The number of carbonyl (C=O) groups is 2. The number of fused-ring (bicyclic) bond motifs is 7. The molecule has 6 rings (SSSR count). The normalized spacial score (nSPS) is 54.6. The molecule has 0 aromatic heterocycles. The van der Waals surface area contributed by atoms with Gasteiger partial charge < -0.3 is 50.3 Å². The zero-order valence-corrected chi connectivity index (χ0v) is 29.0. The number of ketones is 1. The summed E-state index contributed by atoms with van der Waals surface area (Å²) in [6.45, 7) is 10.9. The summed E-state index contributed by atoms with van der Waals surface area (Å²) in [5, 5.41) is 85.8. The number of aliphatic hydroxyl groups is 8. The van der Waals surface area contributed by atoms with Crippen molar-refractivity contribution >= 4 is 11.8 Å². The van der Waals surface area contributed by atoms with E-state index in [1.54, 1.807) is 13.0 Å². The van der Waals surface area contributed by atoms with Crippen LogP contribution < -0.4 is 0 Å². The van der Waals surface area contributed by atoms with E-state index in [0.29, 0.717) is 44.1 Å². The van der Waals surface area contributed by atoms with Crippen molar-refractivity contribution < 1.29 is 59.9 Å². The van der Waals surface area contributed by atoms with Crippen LogP contribution in [0.2, 0.25) is 0 Å². The number of esters is 1. The molecule has 5 fully saturated rings. The highest BCUT2D eigenvalue weighted by atomic mass is 16.7. The molecule has 0 radical (unpaired) electrons. The fourth-order valence-electron chi connectivity index (χ4n) is 12.0. The standard InChI is InChI=1S/C36H56O12/c1-31(2)9-11-36(30(46)48-29-25(43)24(42)23(41)20(15-37)47-29)12-10-34(5)17(22(36)28(31)45)13-18(39)26-32(3)14-19(40)27(44)33(4,16-38)21(32)7-8-35(26,34)6/h13,19-29,37-38,40-45H,7-12,14-16H2,1-6H3/t19-,20-,21-,22-,23-,24+,25-,26-,27+,28+,29+,32+,33+,34-,35-,36+/m1/s1. The van der Waals surface area contributed by atoms with Crippen LogP contribution in [0, 0.1) is 50.2 Å². The second-order valence-electron chi connectivity index (χ2n) is 17.8. The van der Waals surface area contributed by atoms with Gasteiger partial charge in [-0.3, -0.25) is 9.59 Å². The maximum Gasteiger partial charge on any atom is 0.315 e. The van der Waals surface area contributed by atoms with Gasteiger partial charge in [0.25, 0.3) is 0 Å². The van der Waals surface area contributed by atoms with Gasteiger partial charge in [-0.1, -0.05) is 47.1 Å². The molecule has 272 valence electrons. The lowest BCUT2D eigenvalue weighted by atomic mass is 9.33. The zero-order chi connectivity index (χ0) is 35.6. The molecule has 12 nitrogen and oxygen atoms in total. The molecule has 16 atom stereocenters. The molecular formula is C36H56O12. The number of hydrogen-bond donors (Lipinski definition) is 8. The molecule has 0 bridgehead atoms. The van der Waals surface area contributed by atoms with Crippen LogP contribution in [0.1, 0.15) is 86.5 Å². The first kappa shape index (κ1) is 36.3. The van der Waals surface area contributed by atoms with Crippen molar-refractivity contribution in [1.82, 2.24) is 0 Å². The summed E-state index contributed by atoms with van der Waals surface area (Å²) < 4.78 is 11.3. The molecule has 0 unspecified atom stereocenters. The van der Waals surface area contributed by atoms with E-state index in [4.69, 9.17) is 9.47 Å². The van der Waals surface area contributed by atoms with Gasteiger partial charge in [0, 0.05) is 17.3 Å². The van der Waals surface area contributed by atoms with E-state index in [-0.39, 0.29) is 24.7 Å². The van der Waals surface area contributed by atoms with Crippen molar-refractivity contribution in [2.24, 2.45) is 50.2 Å². The van der Waals surface area contributed by atoms with Crippen LogP contribution in [0.3, 0.4) is 0 Å². The quantitative estimate of drug-likeness (QED) is 0.192. The van der Waals surface area contributed by atoms with E-state index < -0.39 is 106 Å². The van der Waals surface area contributed by atoms with Crippen molar-refractivity contribution in [2.75, 3.05) is 13.2 Å². The predicted molar refractivity (Wildman–Crippen MR) is 169 cm³/mol. The molecule has 0 aromatic rings. The Morgan fingerprint density at radius 1 is 0.875 bits per heavy atom. The van der Waals surface area contributed by atoms with E-state index in [9.17, 15) is 50.4 Å². The van der Waals surface area contributed by atoms with Crippen LogP contribution in [0.15, 0.2) is 11.6 Å². The van der Waals surface area contributed by atoms with Gasteiger partial charge in [-0.05, 0) is 78.6 Å². The highest BCUT2D eigenvalue weighted by Crippen LogP contribution is 2.75. The van der Waals surface area contributed by atoms with Gasteiger partial charge in [0.15, 0.2) is 5.78 Å². The Morgan fingerprint density at radius 3 is 2.15 bits per heavy atom. The van der Waals surface area contributed by atoms with Gasteiger partial charge >= 0.3 is 5.97 Å². The van der Waals surface area contributed by atoms with Crippen molar-refractivity contribution in [2.45, 2.75) is 136 Å². The van der Waals surface area contributed by atoms with Crippen molar-refractivity contribution in [1.29, 1.82) is 0 Å². The number of aliphatic hydroxyl groups excluding tert-OH is 8. The second-order valence-corrected chi connectivity index (χ2v) is 17.8. The van der Waals surface area contributed by atoms with Crippen molar-refractivity contribution in [3.05, 3.63) is 11.6 Å². The minimum Gasteiger partial charge on any atom is -0.432 e. The third kappa shape index (κ3) is 4.59. The minimum atomic E-state index is -1.78. The minimum absolute atomic E-state index is 0.158.